The van der Waals surface area contributed by atoms with Crippen LogP contribution in [0.25, 0.3) is 5.65 Å². The van der Waals surface area contributed by atoms with Crippen molar-refractivity contribution in [1.82, 2.24) is 19.7 Å². The molecule has 3 aromatic heterocycles. The Hall–Kier alpha value is -3.13. The van der Waals surface area contributed by atoms with Crippen LogP contribution in [0.3, 0.4) is 0 Å². The molecule has 1 aliphatic heterocycles. The van der Waals surface area contributed by atoms with Gasteiger partial charge < -0.3 is 24.7 Å². The maximum absolute atomic E-state index is 12.9. The van der Waals surface area contributed by atoms with Crippen LogP contribution in [-0.2, 0) is 0 Å². The summed E-state index contributed by atoms with van der Waals surface area (Å²) < 4.78 is 7.35. The van der Waals surface area contributed by atoms with Crippen molar-refractivity contribution < 1.29 is 9.53 Å². The average Bonchev–Trinajstić information content (AvgIpc) is 3.10. The molecular formula is C20H24N6O2. The first-order valence-electron chi connectivity index (χ1n) is 9.33. The molecule has 28 heavy (non-hydrogen) atoms. The van der Waals surface area contributed by atoms with Crippen LogP contribution in [0.1, 0.15) is 21.6 Å². The Kier molecular flexibility index (Phi) is 4.87. The molecule has 1 fully saturated rings. The molecular weight excluding hydrogens is 356 g/mol. The van der Waals surface area contributed by atoms with Gasteiger partial charge in [0.1, 0.15) is 17.2 Å². The van der Waals surface area contributed by atoms with Crippen molar-refractivity contribution in [1.29, 1.82) is 0 Å². The normalized spacial score (nSPS) is 14.3. The molecule has 0 atom stereocenters. The smallest absolute Gasteiger partial charge is 0.262 e. The highest BCUT2D eigenvalue weighted by atomic mass is 16.5. The van der Waals surface area contributed by atoms with E-state index in [2.05, 4.69) is 25.5 Å². The van der Waals surface area contributed by atoms with Gasteiger partial charge in [0.15, 0.2) is 0 Å². The number of hydrogen-bond acceptors (Lipinski definition) is 6. The van der Waals surface area contributed by atoms with Crippen LogP contribution in [0.2, 0.25) is 0 Å². The zero-order valence-corrected chi connectivity index (χ0v) is 16.3. The monoisotopic (exact) mass is 380 g/mol. The minimum Gasteiger partial charge on any atom is -0.495 e. The van der Waals surface area contributed by atoms with Gasteiger partial charge in [-0.05, 0) is 26.0 Å². The molecule has 0 bridgehead atoms. The largest absolute Gasteiger partial charge is 0.495 e. The van der Waals surface area contributed by atoms with E-state index >= 15 is 0 Å². The molecule has 0 aromatic carbocycles. The molecule has 3 aromatic rings. The Bertz CT molecular complexity index is 1010. The summed E-state index contributed by atoms with van der Waals surface area (Å²) in [5, 5.41) is 6.20. The number of aromatic nitrogens is 3. The van der Waals surface area contributed by atoms with Gasteiger partial charge >= 0.3 is 0 Å². The van der Waals surface area contributed by atoms with Gasteiger partial charge in [0.05, 0.1) is 30.3 Å². The number of nitrogens with zero attached hydrogens (tertiary/aromatic N) is 4. The molecule has 0 radical (unpaired) electrons. The van der Waals surface area contributed by atoms with Gasteiger partial charge in [-0.3, -0.25) is 4.79 Å². The highest BCUT2D eigenvalue weighted by Crippen LogP contribution is 2.28. The molecule has 4 heterocycles. The van der Waals surface area contributed by atoms with Crippen LogP contribution >= 0.6 is 0 Å². The highest BCUT2D eigenvalue weighted by molar-refractivity contribution is 6.06. The van der Waals surface area contributed by atoms with E-state index in [1.54, 1.807) is 19.5 Å². The quantitative estimate of drug-likeness (QED) is 0.720. The number of ether oxygens (including phenoxy) is 1. The standard InChI is InChI=1S/C20H24N6O2/c1-13-11-26-12-16(18(28-3)14(2)19(26)23-13)20(27)24-17-5-4-15(10-22-17)25-8-6-21-7-9-25/h4-5,10-12,21H,6-9H2,1-3H3,(H,22,24,27). The van der Waals surface area contributed by atoms with E-state index in [-0.39, 0.29) is 5.91 Å². The van der Waals surface area contributed by atoms with Crippen molar-refractivity contribution in [3.63, 3.8) is 0 Å². The lowest BCUT2D eigenvalue weighted by Gasteiger charge is -2.29. The molecule has 8 nitrogen and oxygen atoms in total. The lowest BCUT2D eigenvalue weighted by Crippen LogP contribution is -2.43. The minimum atomic E-state index is -0.268. The number of pyridine rings is 2. The lowest BCUT2D eigenvalue weighted by atomic mass is 10.1. The van der Waals surface area contributed by atoms with Crippen LogP contribution in [-0.4, -0.2) is 53.6 Å². The maximum atomic E-state index is 12.9. The van der Waals surface area contributed by atoms with E-state index < -0.39 is 0 Å². The summed E-state index contributed by atoms with van der Waals surface area (Å²) in [6.45, 7) is 7.66. The van der Waals surface area contributed by atoms with Gasteiger partial charge in [-0.1, -0.05) is 0 Å². The second kappa shape index (κ2) is 7.47. The molecule has 0 spiro atoms. The number of amides is 1. The van der Waals surface area contributed by atoms with Crippen LogP contribution < -0.4 is 20.3 Å². The first kappa shape index (κ1) is 18.2. The Morgan fingerprint density at radius 3 is 2.68 bits per heavy atom. The number of fused-ring (bicyclic) bond motifs is 1. The molecule has 0 unspecified atom stereocenters. The molecule has 4 rings (SSSR count). The molecule has 0 saturated carbocycles. The Morgan fingerprint density at radius 2 is 2.00 bits per heavy atom. The average molecular weight is 380 g/mol. The first-order chi connectivity index (χ1) is 13.6. The van der Waals surface area contributed by atoms with E-state index in [9.17, 15) is 4.79 Å². The molecule has 1 amide bonds. The third-order valence-electron chi connectivity index (χ3n) is 4.96. The number of carbonyl (C=O) groups excluding carboxylic acids is 1. The van der Waals surface area contributed by atoms with Gasteiger partial charge in [0.2, 0.25) is 0 Å². The minimum absolute atomic E-state index is 0.268. The summed E-state index contributed by atoms with van der Waals surface area (Å²) in [7, 11) is 1.56. The molecule has 1 aliphatic rings. The van der Waals surface area contributed by atoms with Crippen molar-refractivity contribution >= 4 is 23.1 Å². The fourth-order valence-corrected chi connectivity index (χ4v) is 3.57. The van der Waals surface area contributed by atoms with Crippen molar-refractivity contribution in [3.8, 4) is 5.75 Å². The topological polar surface area (TPSA) is 83.8 Å². The van der Waals surface area contributed by atoms with Crippen LogP contribution in [0.15, 0.2) is 30.7 Å². The predicted molar refractivity (Wildman–Crippen MR) is 108 cm³/mol. The number of carbonyl (C=O) groups is 1. The lowest BCUT2D eigenvalue weighted by molar-refractivity contribution is 0.102. The van der Waals surface area contributed by atoms with E-state index in [0.29, 0.717) is 17.1 Å². The van der Waals surface area contributed by atoms with Gasteiger partial charge in [-0.15, -0.1) is 0 Å². The van der Waals surface area contributed by atoms with Crippen molar-refractivity contribution in [2.24, 2.45) is 0 Å². The highest BCUT2D eigenvalue weighted by Gasteiger charge is 2.19. The summed E-state index contributed by atoms with van der Waals surface area (Å²) >= 11 is 0. The summed E-state index contributed by atoms with van der Waals surface area (Å²) in [5.74, 6) is 0.758. The number of aryl methyl sites for hydroxylation is 2. The second-order valence-corrected chi connectivity index (χ2v) is 6.91. The van der Waals surface area contributed by atoms with Gasteiger partial charge in [0.25, 0.3) is 5.91 Å². The SMILES string of the molecule is COc1c(C(=O)Nc2ccc(N3CCNCC3)cn2)cn2cc(C)nc2c1C. The van der Waals surface area contributed by atoms with Gasteiger partial charge in [-0.2, -0.15) is 0 Å². The van der Waals surface area contributed by atoms with E-state index in [0.717, 1.165) is 48.8 Å². The van der Waals surface area contributed by atoms with E-state index in [4.69, 9.17) is 4.74 Å². The summed E-state index contributed by atoms with van der Waals surface area (Å²) in [6, 6.07) is 3.81. The van der Waals surface area contributed by atoms with Crippen LogP contribution in [0, 0.1) is 13.8 Å². The van der Waals surface area contributed by atoms with Crippen molar-refractivity contribution in [2.75, 3.05) is 43.5 Å². The molecule has 8 heteroatoms. The summed E-state index contributed by atoms with van der Waals surface area (Å²) in [5.41, 5.74) is 3.99. The number of nitrogens with one attached hydrogen (secondary N) is 2. The number of piperazine rings is 1. The van der Waals surface area contributed by atoms with Crippen molar-refractivity contribution in [3.05, 3.63) is 47.5 Å². The van der Waals surface area contributed by atoms with Crippen LogP contribution in [0.4, 0.5) is 11.5 Å². The Morgan fingerprint density at radius 1 is 1.21 bits per heavy atom. The summed E-state index contributed by atoms with van der Waals surface area (Å²) in [4.78, 5) is 24.1. The third kappa shape index (κ3) is 3.38. The second-order valence-electron chi connectivity index (χ2n) is 6.91. The number of rotatable bonds is 4. The summed E-state index contributed by atoms with van der Waals surface area (Å²) in [6.07, 6.45) is 5.43. The number of anilines is 2. The third-order valence-corrected chi connectivity index (χ3v) is 4.96. The number of methoxy groups -OCH3 is 1. The maximum Gasteiger partial charge on any atom is 0.262 e. The van der Waals surface area contributed by atoms with Gasteiger partial charge in [0, 0.05) is 44.1 Å². The molecule has 146 valence electrons. The number of imidazole rings is 1. The molecule has 2 N–H and O–H groups in total. The predicted octanol–water partition coefficient (Wildman–Crippen LogP) is 2.02. The Labute approximate surface area is 163 Å². The fourth-order valence-electron chi connectivity index (χ4n) is 3.57. The zero-order valence-electron chi connectivity index (χ0n) is 16.3. The van der Waals surface area contributed by atoms with Crippen molar-refractivity contribution in [2.45, 2.75) is 13.8 Å². The molecule has 0 aliphatic carbocycles. The molecule has 1 saturated heterocycles. The van der Waals surface area contributed by atoms with E-state index in [1.807, 2.05) is 36.6 Å². The Balaban J connectivity index is 1.58. The van der Waals surface area contributed by atoms with E-state index in [1.165, 1.54) is 0 Å². The number of hydrogen-bond donors (Lipinski definition) is 2. The zero-order chi connectivity index (χ0) is 19.7. The fraction of sp³-hybridized carbons (Fsp3) is 0.350. The van der Waals surface area contributed by atoms with Crippen LogP contribution in [0.5, 0.6) is 5.75 Å². The first-order valence-corrected chi connectivity index (χ1v) is 9.33. The van der Waals surface area contributed by atoms with Gasteiger partial charge in [-0.25, -0.2) is 9.97 Å².